The summed E-state index contributed by atoms with van der Waals surface area (Å²) in [6, 6.07) is 3.78. The number of hydrogen-bond acceptors (Lipinski definition) is 4. The Morgan fingerprint density at radius 2 is 2.04 bits per heavy atom. The molecule has 0 saturated carbocycles. The molecule has 0 aliphatic carbocycles. The number of pyridine rings is 1. The fourth-order valence-corrected chi connectivity index (χ4v) is 2.08. The molecule has 0 aromatic carbocycles. The van der Waals surface area contributed by atoms with E-state index < -0.39 is 11.7 Å². The molecular weight excluding hydrogens is 311 g/mol. The van der Waals surface area contributed by atoms with Gasteiger partial charge in [0.2, 0.25) is 0 Å². The van der Waals surface area contributed by atoms with Crippen molar-refractivity contribution in [2.45, 2.75) is 20.0 Å². The third-order valence-corrected chi connectivity index (χ3v) is 3.10. The number of nitrogens with one attached hydrogen (secondary N) is 2. The van der Waals surface area contributed by atoms with Gasteiger partial charge in [0.05, 0.1) is 11.1 Å². The molecule has 1 amide bonds. The summed E-state index contributed by atoms with van der Waals surface area (Å²) in [4.78, 5) is 15.6. The van der Waals surface area contributed by atoms with Crippen LogP contribution < -0.4 is 10.6 Å². The zero-order valence-electron chi connectivity index (χ0n) is 12.6. The molecule has 0 saturated heterocycles. The minimum Gasteiger partial charge on any atom is -0.466 e. The zero-order valence-corrected chi connectivity index (χ0v) is 12.6. The molecular formula is C15H16F3N3O2. The van der Waals surface area contributed by atoms with E-state index in [0.29, 0.717) is 17.1 Å². The second-order valence-corrected chi connectivity index (χ2v) is 4.91. The van der Waals surface area contributed by atoms with Crippen LogP contribution in [-0.2, 0) is 6.18 Å². The topological polar surface area (TPSA) is 67.2 Å². The van der Waals surface area contributed by atoms with Crippen LogP contribution >= 0.6 is 0 Å². The lowest BCUT2D eigenvalue weighted by atomic mass is 10.2. The van der Waals surface area contributed by atoms with Gasteiger partial charge in [-0.15, -0.1) is 0 Å². The number of carbonyl (C=O) groups is 1. The van der Waals surface area contributed by atoms with Crippen molar-refractivity contribution in [3.05, 3.63) is 47.0 Å². The van der Waals surface area contributed by atoms with E-state index in [1.54, 1.807) is 19.9 Å². The standard InChI is InChI=1S/C15H16F3N3O2/c1-9-8-11(10(2)23-9)14(22)21-7-6-20-13-12(15(16,17)18)4-3-5-19-13/h3-5,8H,6-7H2,1-2H3,(H,19,20)(H,21,22). The lowest BCUT2D eigenvalue weighted by Crippen LogP contribution is -2.29. The summed E-state index contributed by atoms with van der Waals surface area (Å²) >= 11 is 0. The van der Waals surface area contributed by atoms with Gasteiger partial charge in [0.15, 0.2) is 0 Å². The Labute approximate surface area is 130 Å². The maximum Gasteiger partial charge on any atom is 0.419 e. The molecule has 0 spiro atoms. The molecule has 2 rings (SSSR count). The fraction of sp³-hybridized carbons (Fsp3) is 0.333. The minimum atomic E-state index is -4.48. The molecule has 2 aromatic heterocycles. The maximum atomic E-state index is 12.8. The second-order valence-electron chi connectivity index (χ2n) is 4.91. The third kappa shape index (κ3) is 4.24. The number of aryl methyl sites for hydroxylation is 2. The van der Waals surface area contributed by atoms with Crippen LogP contribution in [0.25, 0.3) is 0 Å². The number of amides is 1. The number of rotatable bonds is 5. The van der Waals surface area contributed by atoms with Crippen LogP contribution in [0, 0.1) is 13.8 Å². The molecule has 0 radical (unpaired) electrons. The minimum absolute atomic E-state index is 0.113. The molecule has 0 aliphatic rings. The molecule has 0 bridgehead atoms. The van der Waals surface area contributed by atoms with Gasteiger partial charge in [-0.2, -0.15) is 13.2 Å². The zero-order chi connectivity index (χ0) is 17.0. The average Bonchev–Trinajstić information content (AvgIpc) is 2.81. The summed E-state index contributed by atoms with van der Waals surface area (Å²) in [5, 5.41) is 5.19. The van der Waals surface area contributed by atoms with E-state index in [4.69, 9.17) is 4.42 Å². The second kappa shape index (κ2) is 6.72. The number of carbonyl (C=O) groups excluding carboxylic acids is 1. The molecule has 23 heavy (non-hydrogen) atoms. The van der Waals surface area contributed by atoms with E-state index >= 15 is 0 Å². The summed E-state index contributed by atoms with van der Waals surface area (Å²) < 4.78 is 43.6. The van der Waals surface area contributed by atoms with Gasteiger partial charge in [-0.1, -0.05) is 0 Å². The molecule has 8 heteroatoms. The maximum absolute atomic E-state index is 12.8. The molecule has 0 atom stereocenters. The Balaban J connectivity index is 1.89. The van der Waals surface area contributed by atoms with Crippen molar-refractivity contribution >= 4 is 11.7 Å². The number of hydrogen-bond donors (Lipinski definition) is 2. The van der Waals surface area contributed by atoms with Gasteiger partial charge in [-0.3, -0.25) is 4.79 Å². The molecule has 0 aliphatic heterocycles. The first-order chi connectivity index (χ1) is 10.8. The number of anilines is 1. The van der Waals surface area contributed by atoms with Crippen molar-refractivity contribution in [2.75, 3.05) is 18.4 Å². The number of nitrogens with zero attached hydrogens (tertiary/aromatic N) is 1. The van der Waals surface area contributed by atoms with E-state index in [2.05, 4.69) is 15.6 Å². The first-order valence-electron chi connectivity index (χ1n) is 6.90. The molecule has 2 heterocycles. The van der Waals surface area contributed by atoms with E-state index in [1.807, 2.05) is 0 Å². The van der Waals surface area contributed by atoms with E-state index in [1.165, 1.54) is 12.3 Å². The lowest BCUT2D eigenvalue weighted by Gasteiger charge is -2.13. The van der Waals surface area contributed by atoms with Gasteiger partial charge in [-0.05, 0) is 32.0 Å². The summed E-state index contributed by atoms with van der Waals surface area (Å²) in [6.07, 6.45) is -3.21. The van der Waals surface area contributed by atoms with E-state index in [0.717, 1.165) is 6.07 Å². The predicted octanol–water partition coefficient (Wildman–Crippen LogP) is 3.15. The molecule has 2 aromatic rings. The van der Waals surface area contributed by atoms with Crippen molar-refractivity contribution in [3.63, 3.8) is 0 Å². The van der Waals surface area contributed by atoms with Crippen LogP contribution in [0.1, 0.15) is 27.4 Å². The number of furan rings is 1. The van der Waals surface area contributed by atoms with Crippen LogP contribution in [0.3, 0.4) is 0 Å². The summed E-state index contributed by atoms with van der Waals surface area (Å²) in [5.74, 6) is 0.522. The molecule has 5 nitrogen and oxygen atoms in total. The van der Waals surface area contributed by atoms with E-state index in [-0.39, 0.29) is 24.8 Å². The van der Waals surface area contributed by atoms with Crippen molar-refractivity contribution in [2.24, 2.45) is 0 Å². The molecule has 124 valence electrons. The predicted molar refractivity (Wildman–Crippen MR) is 78.2 cm³/mol. The Kier molecular flexibility index (Phi) is 4.92. The summed E-state index contributed by atoms with van der Waals surface area (Å²) in [6.45, 7) is 3.66. The largest absolute Gasteiger partial charge is 0.466 e. The van der Waals surface area contributed by atoms with Gasteiger partial charge < -0.3 is 15.1 Å². The monoisotopic (exact) mass is 327 g/mol. The molecule has 0 fully saturated rings. The first-order valence-corrected chi connectivity index (χ1v) is 6.90. The SMILES string of the molecule is Cc1cc(C(=O)NCCNc2ncccc2C(F)(F)F)c(C)o1. The number of halogens is 3. The Hall–Kier alpha value is -2.51. The highest BCUT2D eigenvalue weighted by molar-refractivity contribution is 5.95. The van der Waals surface area contributed by atoms with Crippen molar-refractivity contribution in [1.29, 1.82) is 0 Å². The highest BCUT2D eigenvalue weighted by Gasteiger charge is 2.33. The highest BCUT2D eigenvalue weighted by atomic mass is 19.4. The molecule has 0 unspecified atom stereocenters. The van der Waals surface area contributed by atoms with Crippen molar-refractivity contribution in [1.82, 2.24) is 10.3 Å². The van der Waals surface area contributed by atoms with Crippen LogP contribution in [0.5, 0.6) is 0 Å². The van der Waals surface area contributed by atoms with Crippen molar-refractivity contribution < 1.29 is 22.4 Å². The van der Waals surface area contributed by atoms with Gasteiger partial charge in [0.1, 0.15) is 17.3 Å². The van der Waals surface area contributed by atoms with Crippen molar-refractivity contribution in [3.8, 4) is 0 Å². The number of alkyl halides is 3. The van der Waals surface area contributed by atoms with Gasteiger partial charge in [0, 0.05) is 19.3 Å². The number of aromatic nitrogens is 1. The average molecular weight is 327 g/mol. The summed E-state index contributed by atoms with van der Waals surface area (Å²) in [7, 11) is 0. The summed E-state index contributed by atoms with van der Waals surface area (Å²) in [5.41, 5.74) is -0.427. The Morgan fingerprint density at radius 1 is 1.30 bits per heavy atom. The quantitative estimate of drug-likeness (QED) is 0.828. The van der Waals surface area contributed by atoms with Gasteiger partial charge in [-0.25, -0.2) is 4.98 Å². The van der Waals surface area contributed by atoms with Crippen LogP contribution in [0.2, 0.25) is 0 Å². The third-order valence-electron chi connectivity index (χ3n) is 3.10. The van der Waals surface area contributed by atoms with Gasteiger partial charge >= 0.3 is 6.18 Å². The normalized spacial score (nSPS) is 11.3. The van der Waals surface area contributed by atoms with Crippen LogP contribution in [0.4, 0.5) is 19.0 Å². The molecule has 2 N–H and O–H groups in total. The van der Waals surface area contributed by atoms with Crippen LogP contribution in [-0.4, -0.2) is 24.0 Å². The fourth-order valence-electron chi connectivity index (χ4n) is 2.08. The first kappa shape index (κ1) is 16.9. The smallest absolute Gasteiger partial charge is 0.419 e. The highest BCUT2D eigenvalue weighted by Crippen LogP contribution is 2.33. The van der Waals surface area contributed by atoms with Crippen LogP contribution in [0.15, 0.2) is 28.8 Å². The Morgan fingerprint density at radius 3 is 2.65 bits per heavy atom. The Bertz CT molecular complexity index is 696. The lowest BCUT2D eigenvalue weighted by molar-refractivity contribution is -0.137. The van der Waals surface area contributed by atoms with Gasteiger partial charge in [0.25, 0.3) is 5.91 Å². The van der Waals surface area contributed by atoms with E-state index in [9.17, 15) is 18.0 Å².